The zero-order valence-electron chi connectivity index (χ0n) is 10.2. The van der Waals surface area contributed by atoms with Gasteiger partial charge in [-0.1, -0.05) is 32.1 Å². The van der Waals surface area contributed by atoms with Gasteiger partial charge in [-0.25, -0.2) is 0 Å². The van der Waals surface area contributed by atoms with Crippen molar-refractivity contribution >= 4 is 16.4 Å². The molecule has 0 N–H and O–H groups in total. The van der Waals surface area contributed by atoms with Gasteiger partial charge in [-0.2, -0.15) is 0 Å². The van der Waals surface area contributed by atoms with E-state index in [0.29, 0.717) is 0 Å². The Bertz CT molecular complexity index is 117. The average molecular weight is 218 g/mol. The molecule has 80 valence electrons. The molecule has 0 spiro atoms. The molecule has 0 aromatic rings. The SMILES string of the molecule is C[Si](C)(C)CCCCO[Si](C)(C)C. The van der Waals surface area contributed by atoms with Gasteiger partial charge < -0.3 is 4.43 Å². The van der Waals surface area contributed by atoms with Crippen LogP contribution < -0.4 is 0 Å². The van der Waals surface area contributed by atoms with E-state index in [-0.39, 0.29) is 0 Å². The Morgan fingerprint density at radius 1 is 0.846 bits per heavy atom. The third-order valence-electron chi connectivity index (χ3n) is 1.86. The third kappa shape index (κ3) is 12.4. The summed E-state index contributed by atoms with van der Waals surface area (Å²) in [4.78, 5) is 0. The number of unbranched alkanes of at least 4 members (excludes halogenated alkanes) is 1. The van der Waals surface area contributed by atoms with Crippen molar-refractivity contribution in [1.82, 2.24) is 0 Å². The zero-order chi connectivity index (χ0) is 10.5. The van der Waals surface area contributed by atoms with Crippen molar-refractivity contribution in [2.45, 2.75) is 58.2 Å². The molecule has 0 fully saturated rings. The van der Waals surface area contributed by atoms with E-state index in [1.165, 1.54) is 18.9 Å². The van der Waals surface area contributed by atoms with Gasteiger partial charge in [0.1, 0.15) is 0 Å². The molecular formula is C10H26OSi2. The molecule has 0 aromatic heterocycles. The van der Waals surface area contributed by atoms with Crippen LogP contribution in [0.3, 0.4) is 0 Å². The maximum absolute atomic E-state index is 5.80. The summed E-state index contributed by atoms with van der Waals surface area (Å²) in [5, 5.41) is 0. The van der Waals surface area contributed by atoms with Gasteiger partial charge in [-0.3, -0.25) is 0 Å². The number of hydrogen-bond acceptors (Lipinski definition) is 1. The number of rotatable bonds is 6. The van der Waals surface area contributed by atoms with E-state index in [4.69, 9.17) is 4.43 Å². The van der Waals surface area contributed by atoms with Gasteiger partial charge in [0.25, 0.3) is 0 Å². The Hall–Kier alpha value is 0.394. The normalized spacial score (nSPS) is 13.4. The molecule has 0 saturated heterocycles. The largest absolute Gasteiger partial charge is 0.418 e. The van der Waals surface area contributed by atoms with Crippen molar-refractivity contribution in [2.75, 3.05) is 6.61 Å². The van der Waals surface area contributed by atoms with E-state index < -0.39 is 16.4 Å². The van der Waals surface area contributed by atoms with Crippen LogP contribution in [0.2, 0.25) is 45.3 Å². The lowest BCUT2D eigenvalue weighted by atomic mass is 10.4. The van der Waals surface area contributed by atoms with E-state index in [2.05, 4.69) is 39.3 Å². The van der Waals surface area contributed by atoms with Gasteiger partial charge in [-0.15, -0.1) is 0 Å². The Balaban J connectivity index is 3.28. The molecule has 0 radical (unpaired) electrons. The fourth-order valence-electron chi connectivity index (χ4n) is 1.14. The molecule has 0 aliphatic heterocycles. The van der Waals surface area contributed by atoms with E-state index in [9.17, 15) is 0 Å². The van der Waals surface area contributed by atoms with Crippen LogP contribution in [0.4, 0.5) is 0 Å². The standard InChI is InChI=1S/C10H26OSi2/c1-12(2,3)10-8-7-9-11-13(4,5)6/h7-10H2,1-6H3. The summed E-state index contributed by atoms with van der Waals surface area (Å²) in [7, 11) is -2.04. The summed E-state index contributed by atoms with van der Waals surface area (Å²) in [6.07, 6.45) is 2.62. The maximum Gasteiger partial charge on any atom is 0.183 e. The Morgan fingerprint density at radius 3 is 1.77 bits per heavy atom. The quantitative estimate of drug-likeness (QED) is 0.484. The van der Waals surface area contributed by atoms with E-state index in [1.807, 2.05) is 0 Å². The van der Waals surface area contributed by atoms with E-state index >= 15 is 0 Å². The highest BCUT2D eigenvalue weighted by atomic mass is 28.4. The Kier molecular flexibility index (Phi) is 5.48. The zero-order valence-corrected chi connectivity index (χ0v) is 12.2. The minimum absolute atomic E-state index is 0.797. The summed E-state index contributed by atoms with van der Waals surface area (Å²) in [5.41, 5.74) is 0. The monoisotopic (exact) mass is 218 g/mol. The highest BCUT2D eigenvalue weighted by Gasteiger charge is 2.14. The van der Waals surface area contributed by atoms with Gasteiger partial charge in [0.2, 0.25) is 0 Å². The molecule has 0 unspecified atom stereocenters. The molecule has 0 amide bonds. The molecule has 0 atom stereocenters. The smallest absolute Gasteiger partial charge is 0.183 e. The fraction of sp³-hybridized carbons (Fsp3) is 1.00. The van der Waals surface area contributed by atoms with Gasteiger partial charge in [0, 0.05) is 14.7 Å². The third-order valence-corrected chi connectivity index (χ3v) is 4.78. The molecule has 0 rings (SSSR count). The van der Waals surface area contributed by atoms with Crippen LogP contribution in [0.25, 0.3) is 0 Å². The Morgan fingerprint density at radius 2 is 1.38 bits per heavy atom. The molecule has 0 saturated carbocycles. The highest BCUT2D eigenvalue weighted by Crippen LogP contribution is 2.13. The average Bonchev–Trinajstić information content (AvgIpc) is 1.81. The first kappa shape index (κ1) is 13.4. The van der Waals surface area contributed by atoms with Gasteiger partial charge >= 0.3 is 0 Å². The van der Waals surface area contributed by atoms with Crippen molar-refractivity contribution in [3.05, 3.63) is 0 Å². The van der Waals surface area contributed by atoms with E-state index in [1.54, 1.807) is 0 Å². The molecule has 1 nitrogen and oxygen atoms in total. The Labute approximate surface area is 86.0 Å². The minimum atomic E-state index is -1.24. The first-order valence-electron chi connectivity index (χ1n) is 5.35. The highest BCUT2D eigenvalue weighted by molar-refractivity contribution is 6.76. The lowest BCUT2D eigenvalue weighted by molar-refractivity contribution is 0.303. The van der Waals surface area contributed by atoms with Crippen molar-refractivity contribution < 1.29 is 4.43 Å². The second kappa shape index (κ2) is 5.32. The van der Waals surface area contributed by atoms with Crippen molar-refractivity contribution in [1.29, 1.82) is 0 Å². The molecule has 0 aliphatic rings. The first-order chi connectivity index (χ1) is 5.71. The molecule has 13 heavy (non-hydrogen) atoms. The van der Waals surface area contributed by atoms with Crippen molar-refractivity contribution in [2.24, 2.45) is 0 Å². The van der Waals surface area contributed by atoms with Crippen LogP contribution in [0.15, 0.2) is 0 Å². The molecule has 0 aromatic carbocycles. The summed E-state index contributed by atoms with van der Waals surface area (Å²) in [6, 6.07) is 1.45. The molecular weight excluding hydrogens is 192 g/mol. The summed E-state index contributed by atoms with van der Waals surface area (Å²) in [5.74, 6) is 0. The predicted octanol–water partition coefficient (Wildman–Crippen LogP) is 3.96. The predicted molar refractivity (Wildman–Crippen MR) is 66.7 cm³/mol. The van der Waals surface area contributed by atoms with Crippen LogP contribution in [0.5, 0.6) is 0 Å². The lowest BCUT2D eigenvalue weighted by Crippen LogP contribution is -2.26. The van der Waals surface area contributed by atoms with Crippen molar-refractivity contribution in [3.63, 3.8) is 0 Å². The van der Waals surface area contributed by atoms with Gasteiger partial charge in [-0.05, 0) is 26.1 Å². The van der Waals surface area contributed by atoms with Crippen LogP contribution in [-0.2, 0) is 4.43 Å². The van der Waals surface area contributed by atoms with Gasteiger partial charge in [0.15, 0.2) is 8.32 Å². The summed E-state index contributed by atoms with van der Waals surface area (Å²) >= 11 is 0. The van der Waals surface area contributed by atoms with Crippen LogP contribution in [0.1, 0.15) is 12.8 Å². The van der Waals surface area contributed by atoms with Crippen molar-refractivity contribution in [3.8, 4) is 0 Å². The first-order valence-corrected chi connectivity index (χ1v) is 12.5. The lowest BCUT2D eigenvalue weighted by Gasteiger charge is -2.18. The topological polar surface area (TPSA) is 9.23 Å². The summed E-state index contributed by atoms with van der Waals surface area (Å²) in [6.45, 7) is 15.1. The fourth-order valence-corrected chi connectivity index (χ4v) is 3.20. The minimum Gasteiger partial charge on any atom is -0.418 e. The molecule has 0 bridgehead atoms. The van der Waals surface area contributed by atoms with Crippen LogP contribution >= 0.6 is 0 Å². The summed E-state index contributed by atoms with van der Waals surface area (Å²) < 4.78 is 5.80. The van der Waals surface area contributed by atoms with E-state index in [0.717, 1.165) is 6.61 Å². The second-order valence-corrected chi connectivity index (χ2v) is 16.1. The number of hydrogen-bond donors (Lipinski definition) is 0. The molecule has 3 heteroatoms. The second-order valence-electron chi connectivity index (χ2n) is 5.98. The van der Waals surface area contributed by atoms with Gasteiger partial charge in [0.05, 0.1) is 0 Å². The molecule has 0 heterocycles. The molecule has 0 aliphatic carbocycles. The van der Waals surface area contributed by atoms with Crippen LogP contribution in [0, 0.1) is 0 Å². The maximum atomic E-state index is 5.80. The van der Waals surface area contributed by atoms with Crippen LogP contribution in [-0.4, -0.2) is 23.0 Å².